The maximum Gasteiger partial charge on any atom is 0.316 e. The van der Waals surface area contributed by atoms with Crippen LogP contribution in [0.1, 0.15) is 45.1 Å². The second-order valence-electron chi connectivity index (χ2n) is 6.49. The summed E-state index contributed by atoms with van der Waals surface area (Å²) in [5, 5.41) is 0. The van der Waals surface area contributed by atoms with Gasteiger partial charge in [0.1, 0.15) is 0 Å². The first-order valence-corrected chi connectivity index (χ1v) is 9.69. The molecule has 0 heterocycles. The van der Waals surface area contributed by atoms with Crippen LogP contribution < -0.4 is 10.5 Å². The van der Waals surface area contributed by atoms with Gasteiger partial charge in [-0.1, -0.05) is 26.0 Å². The molecule has 1 aliphatic carbocycles. The quantitative estimate of drug-likeness (QED) is 0.662. The molecule has 3 N–H and O–H groups in total. The van der Waals surface area contributed by atoms with E-state index in [0.717, 1.165) is 18.4 Å². The Morgan fingerprint density at radius 3 is 2.16 bits per heavy atom. The SMILES string of the molecule is CCC(N)(CC)CNS(=O)(=O)c1ccc(C2(C(=O)OC)CC2)cc1.Cl. The molecule has 25 heavy (non-hydrogen) atoms. The minimum atomic E-state index is -3.63. The van der Waals surface area contributed by atoms with Crippen molar-refractivity contribution in [2.75, 3.05) is 13.7 Å². The molecule has 1 saturated carbocycles. The molecule has 1 aromatic carbocycles. The molecule has 1 aromatic rings. The average molecular weight is 391 g/mol. The number of nitrogens with two attached hydrogens (primary N) is 1. The zero-order chi connectivity index (χ0) is 18.0. The number of hydrogen-bond donors (Lipinski definition) is 2. The van der Waals surface area contributed by atoms with E-state index >= 15 is 0 Å². The standard InChI is InChI=1S/C17H26N2O4S.ClH/c1-4-16(18,5-2)12-19-24(21,22)14-8-6-13(7-9-14)17(10-11-17)15(20)23-3;/h6-9,19H,4-5,10-12,18H2,1-3H3;1H. The van der Waals surface area contributed by atoms with Gasteiger partial charge in [-0.2, -0.15) is 0 Å². The number of sulfonamides is 1. The Balaban J connectivity index is 0.00000312. The molecule has 6 nitrogen and oxygen atoms in total. The summed E-state index contributed by atoms with van der Waals surface area (Å²) in [7, 11) is -2.26. The molecule has 0 spiro atoms. The average Bonchev–Trinajstić information content (AvgIpc) is 3.41. The monoisotopic (exact) mass is 390 g/mol. The first-order chi connectivity index (χ1) is 11.2. The predicted molar refractivity (Wildman–Crippen MR) is 99.3 cm³/mol. The van der Waals surface area contributed by atoms with Crippen molar-refractivity contribution < 1.29 is 17.9 Å². The van der Waals surface area contributed by atoms with Gasteiger partial charge >= 0.3 is 5.97 Å². The number of halogens is 1. The fourth-order valence-corrected chi connectivity index (χ4v) is 3.84. The summed E-state index contributed by atoms with van der Waals surface area (Å²) >= 11 is 0. The van der Waals surface area contributed by atoms with Crippen molar-refractivity contribution in [2.24, 2.45) is 5.73 Å². The zero-order valence-corrected chi connectivity index (χ0v) is 16.5. The first-order valence-electron chi connectivity index (χ1n) is 8.20. The minimum absolute atomic E-state index is 0. The molecule has 142 valence electrons. The molecule has 1 fully saturated rings. The molecule has 0 unspecified atom stereocenters. The Kier molecular flexibility index (Phi) is 7.03. The van der Waals surface area contributed by atoms with Crippen molar-refractivity contribution in [1.82, 2.24) is 4.72 Å². The summed E-state index contributed by atoms with van der Waals surface area (Å²) < 4.78 is 32.3. The van der Waals surface area contributed by atoms with Gasteiger partial charge in [0.15, 0.2) is 0 Å². The summed E-state index contributed by atoms with van der Waals surface area (Å²) in [4.78, 5) is 12.1. The Morgan fingerprint density at radius 2 is 1.76 bits per heavy atom. The molecule has 0 saturated heterocycles. The third-order valence-corrected chi connectivity index (χ3v) is 6.48. The maximum absolute atomic E-state index is 12.4. The Labute approximate surface area is 156 Å². The number of benzene rings is 1. The van der Waals surface area contributed by atoms with Crippen molar-refractivity contribution >= 4 is 28.4 Å². The largest absolute Gasteiger partial charge is 0.468 e. The van der Waals surface area contributed by atoms with E-state index in [0.29, 0.717) is 12.8 Å². The molecular formula is C17H27ClN2O4S. The van der Waals surface area contributed by atoms with Crippen LogP contribution in [0.25, 0.3) is 0 Å². The van der Waals surface area contributed by atoms with Crippen LogP contribution in [0.2, 0.25) is 0 Å². The Hall–Kier alpha value is -1.15. The van der Waals surface area contributed by atoms with Crippen LogP contribution in [-0.4, -0.2) is 33.6 Å². The van der Waals surface area contributed by atoms with Crippen LogP contribution in [0.4, 0.5) is 0 Å². The van der Waals surface area contributed by atoms with Gasteiger partial charge in [0.25, 0.3) is 0 Å². The highest BCUT2D eigenvalue weighted by atomic mass is 35.5. The summed E-state index contributed by atoms with van der Waals surface area (Å²) in [6.45, 7) is 4.07. The molecule has 0 radical (unpaired) electrons. The lowest BCUT2D eigenvalue weighted by molar-refractivity contribution is -0.143. The molecular weight excluding hydrogens is 364 g/mol. The molecule has 0 amide bonds. The topological polar surface area (TPSA) is 98.5 Å². The maximum atomic E-state index is 12.4. The smallest absolute Gasteiger partial charge is 0.316 e. The highest BCUT2D eigenvalue weighted by Crippen LogP contribution is 2.49. The van der Waals surface area contributed by atoms with Crippen LogP contribution in [0.15, 0.2) is 29.2 Å². The van der Waals surface area contributed by atoms with E-state index in [2.05, 4.69) is 4.72 Å². The van der Waals surface area contributed by atoms with Crippen LogP contribution in [0.5, 0.6) is 0 Å². The van der Waals surface area contributed by atoms with Gasteiger partial charge in [-0.05, 0) is 43.4 Å². The number of carbonyl (C=O) groups is 1. The number of methoxy groups -OCH3 is 1. The van der Waals surface area contributed by atoms with Crippen LogP contribution in [-0.2, 0) is 25.0 Å². The third kappa shape index (κ3) is 4.53. The number of ether oxygens (including phenoxy) is 1. The summed E-state index contributed by atoms with van der Waals surface area (Å²) in [6, 6.07) is 6.43. The van der Waals surface area contributed by atoms with E-state index in [1.165, 1.54) is 19.2 Å². The minimum Gasteiger partial charge on any atom is -0.468 e. The summed E-state index contributed by atoms with van der Waals surface area (Å²) in [5.41, 5.74) is 5.79. The van der Waals surface area contributed by atoms with Gasteiger partial charge in [0, 0.05) is 12.1 Å². The normalized spacial score (nSPS) is 16.0. The predicted octanol–water partition coefficient (Wildman–Crippen LogP) is 2.11. The van der Waals surface area contributed by atoms with E-state index < -0.39 is 21.0 Å². The van der Waals surface area contributed by atoms with E-state index in [-0.39, 0.29) is 29.8 Å². The van der Waals surface area contributed by atoms with Crippen molar-refractivity contribution in [3.8, 4) is 0 Å². The van der Waals surface area contributed by atoms with Gasteiger partial charge in [-0.25, -0.2) is 13.1 Å². The number of hydrogen-bond acceptors (Lipinski definition) is 5. The molecule has 0 aliphatic heterocycles. The number of esters is 1. The van der Waals surface area contributed by atoms with E-state index in [1.54, 1.807) is 12.1 Å². The molecule has 2 rings (SSSR count). The molecule has 0 aromatic heterocycles. The van der Waals surface area contributed by atoms with Crippen LogP contribution >= 0.6 is 12.4 Å². The van der Waals surface area contributed by atoms with Crippen molar-refractivity contribution in [3.05, 3.63) is 29.8 Å². The summed E-state index contributed by atoms with van der Waals surface area (Å²) in [6.07, 6.45) is 2.83. The lowest BCUT2D eigenvalue weighted by Gasteiger charge is -2.26. The molecule has 8 heteroatoms. The third-order valence-electron chi connectivity index (χ3n) is 5.07. The van der Waals surface area contributed by atoms with Gasteiger partial charge in [0.05, 0.1) is 17.4 Å². The van der Waals surface area contributed by atoms with Gasteiger partial charge in [-0.3, -0.25) is 4.79 Å². The highest BCUT2D eigenvalue weighted by molar-refractivity contribution is 7.89. The lowest BCUT2D eigenvalue weighted by Crippen LogP contribution is -2.49. The zero-order valence-electron chi connectivity index (χ0n) is 14.9. The van der Waals surface area contributed by atoms with Gasteiger partial charge in [0.2, 0.25) is 10.0 Å². The van der Waals surface area contributed by atoms with Crippen molar-refractivity contribution in [1.29, 1.82) is 0 Å². The Morgan fingerprint density at radius 1 is 1.24 bits per heavy atom. The van der Waals surface area contributed by atoms with E-state index in [1.807, 2.05) is 13.8 Å². The first kappa shape index (κ1) is 21.9. The number of carbonyl (C=O) groups excluding carboxylic acids is 1. The van der Waals surface area contributed by atoms with Gasteiger partial charge < -0.3 is 10.5 Å². The van der Waals surface area contributed by atoms with Crippen LogP contribution in [0, 0.1) is 0 Å². The molecule has 0 atom stereocenters. The van der Waals surface area contributed by atoms with Crippen LogP contribution in [0.3, 0.4) is 0 Å². The van der Waals surface area contributed by atoms with E-state index in [4.69, 9.17) is 10.5 Å². The lowest BCUT2D eigenvalue weighted by atomic mass is 9.95. The van der Waals surface area contributed by atoms with Crippen molar-refractivity contribution in [3.63, 3.8) is 0 Å². The van der Waals surface area contributed by atoms with E-state index in [9.17, 15) is 13.2 Å². The second kappa shape index (κ2) is 8.03. The van der Waals surface area contributed by atoms with Gasteiger partial charge in [-0.15, -0.1) is 12.4 Å². The fraction of sp³-hybridized carbons (Fsp3) is 0.588. The molecule has 0 bridgehead atoms. The number of rotatable bonds is 8. The second-order valence-corrected chi connectivity index (χ2v) is 8.26. The molecule has 1 aliphatic rings. The highest BCUT2D eigenvalue weighted by Gasteiger charge is 2.52. The number of nitrogens with one attached hydrogen (secondary N) is 1. The van der Waals surface area contributed by atoms with Crippen molar-refractivity contribution in [2.45, 2.75) is 55.4 Å². The fourth-order valence-electron chi connectivity index (χ4n) is 2.71. The Bertz CT molecular complexity index is 696. The summed E-state index contributed by atoms with van der Waals surface area (Å²) in [5.74, 6) is -0.268.